The summed E-state index contributed by atoms with van der Waals surface area (Å²) in [5, 5.41) is 9.10. The summed E-state index contributed by atoms with van der Waals surface area (Å²) >= 11 is 0. The summed E-state index contributed by atoms with van der Waals surface area (Å²) < 4.78 is 13.1. The second-order valence-electron chi connectivity index (χ2n) is 5.27. The Morgan fingerprint density at radius 1 is 1.45 bits per heavy atom. The van der Waals surface area contributed by atoms with Crippen molar-refractivity contribution < 1.29 is 9.47 Å². The minimum Gasteiger partial charge on any atom is -0.499 e. The molecule has 0 aliphatic carbocycles. The third kappa shape index (κ3) is 1.81. The number of ether oxygens (including phenoxy) is 2. The zero-order valence-corrected chi connectivity index (χ0v) is 12.7. The maximum atomic E-state index is 9.10. The van der Waals surface area contributed by atoms with Crippen molar-refractivity contribution in [2.24, 2.45) is 0 Å². The topological polar surface area (TPSA) is 60.1 Å². The van der Waals surface area contributed by atoms with E-state index in [9.17, 15) is 0 Å². The first-order valence-corrected chi connectivity index (χ1v) is 7.01. The van der Waals surface area contributed by atoms with Gasteiger partial charge in [0.05, 0.1) is 32.2 Å². The first kappa shape index (κ1) is 14.2. The molecule has 1 aliphatic heterocycles. The average Bonchev–Trinajstić information content (AvgIpc) is 3.16. The molecule has 0 saturated heterocycles. The lowest BCUT2D eigenvalue weighted by Crippen LogP contribution is -2.34. The highest BCUT2D eigenvalue weighted by molar-refractivity contribution is 5.50. The summed E-state index contributed by atoms with van der Waals surface area (Å²) in [5.41, 5.74) is 2.06. The van der Waals surface area contributed by atoms with E-state index in [2.05, 4.69) is 22.2 Å². The Labute approximate surface area is 129 Å². The molecule has 2 aromatic rings. The molecule has 0 bridgehead atoms. The lowest BCUT2D eigenvalue weighted by atomic mass is 9.84. The minimum atomic E-state index is -0.556. The minimum absolute atomic E-state index is 0.556. The van der Waals surface area contributed by atoms with Crippen LogP contribution in [0.1, 0.15) is 23.2 Å². The van der Waals surface area contributed by atoms with Crippen LogP contribution in [0.5, 0.6) is 5.75 Å². The Kier molecular flexibility index (Phi) is 3.38. The van der Waals surface area contributed by atoms with Crippen molar-refractivity contribution in [2.75, 3.05) is 14.2 Å². The van der Waals surface area contributed by atoms with Crippen LogP contribution in [0.25, 0.3) is 0 Å². The monoisotopic (exact) mass is 295 g/mol. The van der Waals surface area contributed by atoms with Crippen LogP contribution in [0.4, 0.5) is 0 Å². The average molecular weight is 295 g/mol. The van der Waals surface area contributed by atoms with E-state index in [1.165, 1.54) is 0 Å². The molecule has 0 N–H and O–H groups in total. The number of aryl methyl sites for hydroxylation is 1. The molecule has 5 nitrogen and oxygen atoms in total. The molecule has 0 radical (unpaired) electrons. The molecule has 3 rings (SSSR count). The number of fused-ring (bicyclic) bond motifs is 1. The molecular weight excluding hydrogens is 278 g/mol. The fourth-order valence-corrected chi connectivity index (χ4v) is 3.24. The van der Waals surface area contributed by atoms with Gasteiger partial charge < -0.3 is 14.0 Å². The smallest absolute Gasteiger partial charge is 0.131 e. The lowest BCUT2D eigenvalue weighted by molar-refractivity contribution is 0.201. The lowest BCUT2D eigenvalue weighted by Gasteiger charge is -2.34. The molecule has 112 valence electrons. The van der Waals surface area contributed by atoms with Gasteiger partial charge in [-0.15, -0.1) is 0 Å². The van der Waals surface area contributed by atoms with Gasteiger partial charge in [0.2, 0.25) is 0 Å². The fourth-order valence-electron chi connectivity index (χ4n) is 3.24. The third-order valence-electron chi connectivity index (χ3n) is 4.35. The summed E-state index contributed by atoms with van der Waals surface area (Å²) in [5.74, 6) is 1.28. The number of imidazole rings is 1. The third-order valence-corrected chi connectivity index (χ3v) is 4.35. The van der Waals surface area contributed by atoms with Crippen molar-refractivity contribution in [3.05, 3.63) is 59.9 Å². The normalized spacial score (nSPS) is 19.3. The van der Waals surface area contributed by atoms with E-state index in [1.54, 1.807) is 32.7 Å². The van der Waals surface area contributed by atoms with Gasteiger partial charge in [-0.2, -0.15) is 5.26 Å². The first-order chi connectivity index (χ1) is 10.7. The van der Waals surface area contributed by atoms with Crippen molar-refractivity contribution in [1.29, 1.82) is 5.26 Å². The maximum Gasteiger partial charge on any atom is 0.131 e. The summed E-state index contributed by atoms with van der Waals surface area (Å²) in [6.45, 7) is 4.11. The quantitative estimate of drug-likeness (QED) is 0.814. The molecule has 22 heavy (non-hydrogen) atoms. The zero-order chi connectivity index (χ0) is 15.7. The van der Waals surface area contributed by atoms with Crippen LogP contribution >= 0.6 is 0 Å². The van der Waals surface area contributed by atoms with E-state index < -0.39 is 5.54 Å². The number of allylic oxidation sites excluding steroid dienone is 1. The van der Waals surface area contributed by atoms with E-state index in [1.807, 2.05) is 12.3 Å². The summed E-state index contributed by atoms with van der Waals surface area (Å²) in [6, 6.07) is 7.58. The van der Waals surface area contributed by atoms with Crippen molar-refractivity contribution in [3.8, 4) is 11.8 Å². The van der Waals surface area contributed by atoms with Crippen LogP contribution in [0.15, 0.2) is 43.1 Å². The van der Waals surface area contributed by atoms with Crippen LogP contribution in [0.3, 0.4) is 0 Å². The van der Waals surface area contributed by atoms with Crippen molar-refractivity contribution in [2.45, 2.75) is 18.4 Å². The van der Waals surface area contributed by atoms with Gasteiger partial charge in [-0.25, -0.2) is 4.98 Å². The van der Waals surface area contributed by atoms with Crippen LogP contribution in [0.2, 0.25) is 0 Å². The number of hydrogen-bond acceptors (Lipinski definition) is 4. The fraction of sp³-hybridized carbons (Fsp3) is 0.294. The van der Waals surface area contributed by atoms with Crippen molar-refractivity contribution >= 4 is 0 Å². The Morgan fingerprint density at radius 2 is 2.27 bits per heavy atom. The van der Waals surface area contributed by atoms with Gasteiger partial charge in [-0.05, 0) is 25.0 Å². The number of hydrogen-bond donors (Lipinski definition) is 0. The second kappa shape index (κ2) is 5.23. The van der Waals surface area contributed by atoms with E-state index in [0.717, 1.165) is 24.1 Å². The predicted octanol–water partition coefficient (Wildman–Crippen LogP) is 2.61. The van der Waals surface area contributed by atoms with Gasteiger partial charge in [-0.3, -0.25) is 0 Å². The molecule has 0 spiro atoms. The van der Waals surface area contributed by atoms with Crippen molar-refractivity contribution in [1.82, 2.24) is 9.55 Å². The Balaban J connectivity index is 2.26. The summed E-state index contributed by atoms with van der Waals surface area (Å²) in [4.78, 5) is 4.24. The van der Waals surface area contributed by atoms with Gasteiger partial charge in [0.25, 0.3) is 0 Å². The Hall–Kier alpha value is -2.74. The highest BCUT2D eigenvalue weighted by atomic mass is 16.5. The predicted molar refractivity (Wildman–Crippen MR) is 81.5 cm³/mol. The molecular formula is C17H17N3O2. The van der Waals surface area contributed by atoms with E-state index in [4.69, 9.17) is 14.7 Å². The van der Waals surface area contributed by atoms with Gasteiger partial charge in [0, 0.05) is 17.5 Å². The molecule has 0 fully saturated rings. The summed E-state index contributed by atoms with van der Waals surface area (Å²) in [6.07, 6.45) is 5.36. The van der Waals surface area contributed by atoms with Gasteiger partial charge in [0.1, 0.15) is 17.0 Å². The molecule has 0 saturated carbocycles. The molecule has 1 aliphatic rings. The van der Waals surface area contributed by atoms with E-state index in [-0.39, 0.29) is 0 Å². The number of benzene rings is 1. The Morgan fingerprint density at radius 3 is 2.95 bits per heavy atom. The van der Waals surface area contributed by atoms with Gasteiger partial charge in [0.15, 0.2) is 0 Å². The van der Waals surface area contributed by atoms with Crippen LogP contribution in [-0.2, 0) is 16.7 Å². The summed E-state index contributed by atoms with van der Waals surface area (Å²) in [7, 11) is 3.22. The van der Waals surface area contributed by atoms with Gasteiger partial charge >= 0.3 is 0 Å². The van der Waals surface area contributed by atoms with Crippen LogP contribution in [0, 0.1) is 11.3 Å². The van der Waals surface area contributed by atoms with Crippen LogP contribution < -0.4 is 4.74 Å². The molecule has 1 atom stereocenters. The number of nitriles is 1. The van der Waals surface area contributed by atoms with Crippen molar-refractivity contribution in [3.63, 3.8) is 0 Å². The highest BCUT2D eigenvalue weighted by Gasteiger charge is 2.45. The second-order valence-corrected chi connectivity index (χ2v) is 5.27. The molecule has 1 unspecified atom stereocenters. The first-order valence-electron chi connectivity index (χ1n) is 7.01. The number of methoxy groups -OCH3 is 2. The Bertz CT molecular complexity index is 772. The SMILES string of the molecule is C=C(OC)C1(c2ccc(C#N)cc2OC)CCc2cncn21. The number of nitrogens with zero attached hydrogens (tertiary/aromatic N) is 3. The molecule has 1 aromatic carbocycles. The molecule has 5 heteroatoms. The number of rotatable bonds is 4. The standard InChI is InChI=1S/C17H17N3O2/c1-12(21-2)17(7-6-14-10-19-11-20(14)17)15-5-4-13(9-18)8-16(15)22-3/h4-5,8,10-11H,1,6-7H2,2-3H3. The molecule has 0 amide bonds. The zero-order valence-electron chi connectivity index (χ0n) is 12.7. The van der Waals surface area contributed by atoms with Gasteiger partial charge in [-0.1, -0.05) is 12.6 Å². The van der Waals surface area contributed by atoms with Crippen LogP contribution in [-0.4, -0.2) is 23.8 Å². The molecule has 1 aromatic heterocycles. The van der Waals surface area contributed by atoms with E-state index in [0.29, 0.717) is 17.1 Å². The highest BCUT2D eigenvalue weighted by Crippen LogP contribution is 2.46. The molecule has 2 heterocycles. The van der Waals surface area contributed by atoms with E-state index >= 15 is 0 Å². The largest absolute Gasteiger partial charge is 0.499 e. The maximum absolute atomic E-state index is 9.10. The number of aromatic nitrogens is 2.